The molecule has 39 heavy (non-hydrogen) atoms. The Balaban J connectivity index is 1.18. The molecule has 1 N–H and O–H groups in total. The zero-order valence-electron chi connectivity index (χ0n) is 19.7. The Morgan fingerprint density at radius 1 is 0.923 bits per heavy atom. The highest BCUT2D eigenvalue weighted by Gasteiger charge is 2.41. The van der Waals surface area contributed by atoms with Crippen LogP contribution in [-0.2, 0) is 6.18 Å². The van der Waals surface area contributed by atoms with Crippen LogP contribution in [-0.4, -0.2) is 33.3 Å². The van der Waals surface area contributed by atoms with Gasteiger partial charge in [0.2, 0.25) is 0 Å². The molecule has 1 aromatic heterocycles. The van der Waals surface area contributed by atoms with E-state index >= 15 is 0 Å². The van der Waals surface area contributed by atoms with Crippen molar-refractivity contribution in [3.8, 4) is 28.6 Å². The molecule has 1 aliphatic carbocycles. The molecule has 7 nitrogen and oxygen atoms in total. The van der Waals surface area contributed by atoms with E-state index in [1.54, 1.807) is 12.1 Å². The van der Waals surface area contributed by atoms with E-state index in [1.807, 2.05) is 12.1 Å². The monoisotopic (exact) mass is 548 g/mol. The Labute approximate surface area is 217 Å². The van der Waals surface area contributed by atoms with Gasteiger partial charge in [-0.05, 0) is 48.4 Å². The first kappa shape index (κ1) is 26.1. The largest absolute Gasteiger partial charge is 0.573 e. The minimum absolute atomic E-state index is 0.0348. The standard InChI is InChI=1S/C26H18F6N4O3/c27-25(28,29)20-3-1-2-4-22(20)38-24(37)34-21-13-19(21)15-5-7-16(8-6-15)23-33-14-36(35-23)17-9-11-18(12-10-17)39-26(30,31)32/h1-12,14,19,21H,13H2,(H,34,37). The van der Waals surface area contributed by atoms with Crippen LogP contribution < -0.4 is 14.8 Å². The van der Waals surface area contributed by atoms with Crippen LogP contribution in [0.2, 0.25) is 0 Å². The van der Waals surface area contributed by atoms with E-state index in [2.05, 4.69) is 20.1 Å². The maximum absolute atomic E-state index is 13.1. The fraction of sp³-hybridized carbons (Fsp3) is 0.192. The van der Waals surface area contributed by atoms with Crippen LogP contribution in [0.15, 0.2) is 79.1 Å². The zero-order chi connectivity index (χ0) is 27.8. The first-order chi connectivity index (χ1) is 18.5. The topological polar surface area (TPSA) is 78.3 Å². The maximum Gasteiger partial charge on any atom is 0.573 e. The van der Waals surface area contributed by atoms with Crippen molar-refractivity contribution in [3.05, 3.63) is 90.3 Å². The number of carbonyl (C=O) groups excluding carboxylic acids is 1. The summed E-state index contributed by atoms with van der Waals surface area (Å²) in [5, 5.41) is 6.94. The van der Waals surface area contributed by atoms with E-state index in [4.69, 9.17) is 4.74 Å². The molecule has 0 saturated heterocycles. The molecule has 3 aromatic carbocycles. The van der Waals surface area contributed by atoms with Crippen molar-refractivity contribution in [3.63, 3.8) is 0 Å². The van der Waals surface area contributed by atoms with Crippen molar-refractivity contribution in [1.29, 1.82) is 0 Å². The average molecular weight is 548 g/mol. The molecule has 1 heterocycles. The van der Waals surface area contributed by atoms with Crippen LogP contribution >= 0.6 is 0 Å². The lowest BCUT2D eigenvalue weighted by Gasteiger charge is -2.13. The Kier molecular flexibility index (Phi) is 6.66. The minimum Gasteiger partial charge on any atom is -0.410 e. The van der Waals surface area contributed by atoms with E-state index < -0.39 is 29.9 Å². The van der Waals surface area contributed by atoms with Gasteiger partial charge < -0.3 is 14.8 Å². The maximum atomic E-state index is 13.1. The second-order valence-electron chi connectivity index (χ2n) is 8.65. The van der Waals surface area contributed by atoms with Gasteiger partial charge in [0.1, 0.15) is 17.8 Å². The summed E-state index contributed by atoms with van der Waals surface area (Å²) in [4.78, 5) is 16.4. The van der Waals surface area contributed by atoms with Gasteiger partial charge in [-0.2, -0.15) is 13.2 Å². The number of para-hydroxylation sites is 1. The predicted molar refractivity (Wildman–Crippen MR) is 125 cm³/mol. The molecular formula is C26H18F6N4O3. The van der Waals surface area contributed by atoms with Crippen molar-refractivity contribution < 1.29 is 40.6 Å². The van der Waals surface area contributed by atoms with E-state index in [1.165, 1.54) is 47.4 Å². The lowest BCUT2D eigenvalue weighted by atomic mass is 10.1. The molecule has 2 unspecified atom stereocenters. The van der Waals surface area contributed by atoms with Gasteiger partial charge in [-0.1, -0.05) is 36.4 Å². The second kappa shape index (κ2) is 9.97. The number of benzene rings is 3. The Morgan fingerprint density at radius 3 is 2.28 bits per heavy atom. The highest BCUT2D eigenvalue weighted by molar-refractivity contribution is 5.72. The molecule has 0 aliphatic heterocycles. The third-order valence-electron chi connectivity index (χ3n) is 5.91. The summed E-state index contributed by atoms with van der Waals surface area (Å²) >= 11 is 0. The van der Waals surface area contributed by atoms with Crippen molar-refractivity contribution in [2.45, 2.75) is 30.9 Å². The molecule has 2 atom stereocenters. The van der Waals surface area contributed by atoms with E-state index in [0.29, 0.717) is 23.5 Å². The molecule has 4 aromatic rings. The summed E-state index contributed by atoms with van der Waals surface area (Å²) in [5.74, 6) is -0.571. The molecule has 1 aliphatic rings. The second-order valence-corrected chi connectivity index (χ2v) is 8.65. The van der Waals surface area contributed by atoms with Gasteiger partial charge in [0.25, 0.3) is 0 Å². The summed E-state index contributed by atoms with van der Waals surface area (Å²) in [6, 6.07) is 16.6. The van der Waals surface area contributed by atoms with Crippen LogP contribution in [0.1, 0.15) is 23.5 Å². The Hall–Kier alpha value is -4.55. The van der Waals surface area contributed by atoms with E-state index in [9.17, 15) is 31.1 Å². The SMILES string of the molecule is O=C(NC1CC1c1ccc(-c2ncn(-c3ccc(OC(F)(F)F)cc3)n2)cc1)Oc1ccccc1C(F)(F)F. The molecule has 1 fully saturated rings. The van der Waals surface area contributed by atoms with E-state index in [0.717, 1.165) is 17.7 Å². The highest BCUT2D eigenvalue weighted by Crippen LogP contribution is 2.41. The minimum atomic E-state index is -4.78. The van der Waals surface area contributed by atoms with Crippen molar-refractivity contribution in [1.82, 2.24) is 20.1 Å². The van der Waals surface area contributed by atoms with Crippen molar-refractivity contribution in [2.75, 3.05) is 0 Å². The van der Waals surface area contributed by atoms with Crippen molar-refractivity contribution in [2.24, 2.45) is 0 Å². The lowest BCUT2D eigenvalue weighted by molar-refractivity contribution is -0.274. The number of hydrogen-bond acceptors (Lipinski definition) is 5. The van der Waals surface area contributed by atoms with Crippen LogP contribution in [0.25, 0.3) is 17.1 Å². The molecule has 13 heteroatoms. The van der Waals surface area contributed by atoms with Gasteiger partial charge in [-0.15, -0.1) is 18.3 Å². The fourth-order valence-electron chi connectivity index (χ4n) is 3.99. The summed E-state index contributed by atoms with van der Waals surface area (Å²) in [6.07, 6.45) is -8.38. The average Bonchev–Trinajstić information content (AvgIpc) is 3.45. The van der Waals surface area contributed by atoms with Gasteiger partial charge in [0.15, 0.2) is 5.82 Å². The number of ether oxygens (including phenoxy) is 2. The number of alkyl halides is 6. The van der Waals surface area contributed by atoms with Gasteiger partial charge in [0.05, 0.1) is 11.3 Å². The molecule has 202 valence electrons. The molecule has 0 bridgehead atoms. The van der Waals surface area contributed by atoms with Gasteiger partial charge in [0, 0.05) is 17.5 Å². The van der Waals surface area contributed by atoms with Crippen molar-refractivity contribution >= 4 is 6.09 Å². The molecule has 1 amide bonds. The Bertz CT molecular complexity index is 1470. The molecular weight excluding hydrogens is 530 g/mol. The summed E-state index contributed by atoms with van der Waals surface area (Å²) in [6.45, 7) is 0. The number of hydrogen-bond donors (Lipinski definition) is 1. The van der Waals surface area contributed by atoms with Crippen LogP contribution in [0.5, 0.6) is 11.5 Å². The number of rotatable bonds is 6. The first-order valence-corrected chi connectivity index (χ1v) is 11.5. The predicted octanol–water partition coefficient (Wildman–Crippen LogP) is 6.50. The number of nitrogens with zero attached hydrogens (tertiary/aromatic N) is 3. The third kappa shape index (κ3) is 6.30. The summed E-state index contributed by atoms with van der Waals surface area (Å²) < 4.78 is 86.5. The van der Waals surface area contributed by atoms with Gasteiger partial charge in [-0.25, -0.2) is 14.5 Å². The normalized spacial score (nSPS) is 17.0. The van der Waals surface area contributed by atoms with Crippen LogP contribution in [0.4, 0.5) is 31.1 Å². The number of carbonyl (C=O) groups is 1. The van der Waals surface area contributed by atoms with Gasteiger partial charge >= 0.3 is 18.6 Å². The summed E-state index contributed by atoms with van der Waals surface area (Å²) in [7, 11) is 0. The lowest BCUT2D eigenvalue weighted by Crippen LogP contribution is -2.30. The van der Waals surface area contributed by atoms with Crippen LogP contribution in [0, 0.1) is 0 Å². The van der Waals surface area contributed by atoms with Gasteiger partial charge in [-0.3, -0.25) is 0 Å². The molecule has 0 spiro atoms. The molecule has 5 rings (SSSR count). The first-order valence-electron chi connectivity index (χ1n) is 11.5. The zero-order valence-corrected chi connectivity index (χ0v) is 19.7. The number of aromatic nitrogens is 3. The number of nitrogens with one attached hydrogen (secondary N) is 1. The quantitative estimate of drug-likeness (QED) is 0.279. The number of halogens is 6. The van der Waals surface area contributed by atoms with Crippen LogP contribution in [0.3, 0.4) is 0 Å². The summed E-state index contributed by atoms with van der Waals surface area (Å²) in [5.41, 5.74) is 1.03. The fourth-order valence-corrected chi connectivity index (χ4v) is 3.99. The van der Waals surface area contributed by atoms with E-state index in [-0.39, 0.29) is 17.7 Å². The number of amides is 1. The smallest absolute Gasteiger partial charge is 0.410 e. The highest BCUT2D eigenvalue weighted by atomic mass is 19.4. The third-order valence-corrected chi connectivity index (χ3v) is 5.91. The Morgan fingerprint density at radius 2 is 1.62 bits per heavy atom. The molecule has 1 saturated carbocycles. The molecule has 0 radical (unpaired) electrons.